The van der Waals surface area contributed by atoms with Crippen molar-refractivity contribution >= 4 is 5.97 Å². The van der Waals surface area contributed by atoms with E-state index in [1.165, 1.54) is 12.7 Å². The van der Waals surface area contributed by atoms with Crippen LogP contribution in [0, 0.1) is 0 Å². The van der Waals surface area contributed by atoms with Gasteiger partial charge in [0.05, 0.1) is 14.2 Å². The molecular formula is C14H20O3. The predicted molar refractivity (Wildman–Crippen MR) is 67.4 cm³/mol. The fourth-order valence-corrected chi connectivity index (χ4v) is 1.69. The summed E-state index contributed by atoms with van der Waals surface area (Å²) in [6, 6.07) is 6.12. The molecule has 0 fully saturated rings. The zero-order valence-electron chi connectivity index (χ0n) is 10.9. The topological polar surface area (TPSA) is 35.5 Å². The summed E-state index contributed by atoms with van der Waals surface area (Å²) in [6.45, 7) is 4.29. The molecule has 17 heavy (non-hydrogen) atoms. The molecule has 0 aliphatic heterocycles. The van der Waals surface area contributed by atoms with Crippen molar-refractivity contribution in [2.45, 2.75) is 32.6 Å². The minimum absolute atomic E-state index is 0.193. The lowest BCUT2D eigenvalue weighted by molar-refractivity contribution is -0.140. The zero-order valence-corrected chi connectivity index (χ0v) is 10.9. The largest absolute Gasteiger partial charge is 0.496 e. The van der Waals surface area contributed by atoms with Crippen molar-refractivity contribution in [1.29, 1.82) is 0 Å². The van der Waals surface area contributed by atoms with Crippen LogP contribution in [0.2, 0.25) is 0 Å². The van der Waals surface area contributed by atoms with Gasteiger partial charge in [0, 0.05) is 6.42 Å². The van der Waals surface area contributed by atoms with Crippen molar-refractivity contribution in [3.8, 4) is 5.75 Å². The number of benzene rings is 1. The molecule has 0 atom stereocenters. The third-order valence-corrected chi connectivity index (χ3v) is 2.80. The molecule has 3 nitrogen and oxygen atoms in total. The van der Waals surface area contributed by atoms with Crippen LogP contribution in [0.3, 0.4) is 0 Å². The third kappa shape index (κ3) is 3.77. The van der Waals surface area contributed by atoms with Crippen LogP contribution < -0.4 is 4.74 Å². The average Bonchev–Trinajstić information content (AvgIpc) is 2.35. The first-order valence-corrected chi connectivity index (χ1v) is 5.82. The molecule has 0 saturated heterocycles. The molecule has 3 heteroatoms. The van der Waals surface area contributed by atoms with Gasteiger partial charge >= 0.3 is 5.97 Å². The summed E-state index contributed by atoms with van der Waals surface area (Å²) in [7, 11) is 3.05. The number of aryl methyl sites for hydroxylation is 1. The number of ether oxygens (including phenoxy) is 2. The SMILES string of the molecule is COC(=O)CCc1cc(C(C)C)ccc1OC. The van der Waals surface area contributed by atoms with E-state index in [1.807, 2.05) is 6.07 Å². The van der Waals surface area contributed by atoms with Crippen LogP contribution in [-0.4, -0.2) is 20.2 Å². The van der Waals surface area contributed by atoms with E-state index < -0.39 is 0 Å². The van der Waals surface area contributed by atoms with Gasteiger partial charge in [0.2, 0.25) is 0 Å². The smallest absolute Gasteiger partial charge is 0.305 e. The monoisotopic (exact) mass is 236 g/mol. The highest BCUT2D eigenvalue weighted by molar-refractivity contribution is 5.69. The number of carbonyl (C=O) groups is 1. The first-order valence-electron chi connectivity index (χ1n) is 5.82. The molecule has 94 valence electrons. The normalized spacial score (nSPS) is 10.4. The second-order valence-electron chi connectivity index (χ2n) is 4.30. The summed E-state index contributed by atoms with van der Waals surface area (Å²) >= 11 is 0. The van der Waals surface area contributed by atoms with E-state index in [4.69, 9.17) is 4.74 Å². The Bertz CT molecular complexity index is 383. The molecule has 0 amide bonds. The van der Waals surface area contributed by atoms with Gasteiger partial charge < -0.3 is 9.47 Å². The maximum atomic E-state index is 11.1. The minimum Gasteiger partial charge on any atom is -0.496 e. The van der Waals surface area contributed by atoms with Gasteiger partial charge in [-0.25, -0.2) is 0 Å². The van der Waals surface area contributed by atoms with Crippen LogP contribution in [0.4, 0.5) is 0 Å². The van der Waals surface area contributed by atoms with E-state index in [-0.39, 0.29) is 5.97 Å². The first kappa shape index (κ1) is 13.6. The summed E-state index contributed by atoms with van der Waals surface area (Å²) in [6.07, 6.45) is 1.03. The van der Waals surface area contributed by atoms with Gasteiger partial charge in [-0.1, -0.05) is 26.0 Å². The number of rotatable bonds is 5. The van der Waals surface area contributed by atoms with Crippen LogP contribution in [-0.2, 0) is 16.0 Å². The van der Waals surface area contributed by atoms with E-state index in [0.717, 1.165) is 11.3 Å². The lowest BCUT2D eigenvalue weighted by atomic mass is 9.98. The number of hydrogen-bond acceptors (Lipinski definition) is 3. The average molecular weight is 236 g/mol. The maximum Gasteiger partial charge on any atom is 0.305 e. The molecular weight excluding hydrogens is 216 g/mol. The summed E-state index contributed by atoms with van der Waals surface area (Å²) in [5, 5.41) is 0. The molecule has 0 aromatic heterocycles. The Morgan fingerprint density at radius 3 is 2.53 bits per heavy atom. The van der Waals surface area contributed by atoms with Gasteiger partial charge in [0.25, 0.3) is 0 Å². The molecule has 0 saturated carbocycles. The summed E-state index contributed by atoms with van der Waals surface area (Å²) in [5.41, 5.74) is 2.31. The van der Waals surface area contributed by atoms with E-state index in [0.29, 0.717) is 18.8 Å². The summed E-state index contributed by atoms with van der Waals surface area (Å²) < 4.78 is 9.94. The second kappa shape index (κ2) is 6.28. The standard InChI is InChI=1S/C14H20O3/c1-10(2)11-5-7-13(16-3)12(9-11)6-8-14(15)17-4/h5,7,9-10H,6,8H2,1-4H3. The highest BCUT2D eigenvalue weighted by Gasteiger charge is 2.09. The van der Waals surface area contributed by atoms with Gasteiger partial charge in [0.15, 0.2) is 0 Å². The van der Waals surface area contributed by atoms with E-state index in [1.54, 1.807) is 7.11 Å². The van der Waals surface area contributed by atoms with Crippen molar-refractivity contribution in [1.82, 2.24) is 0 Å². The Labute approximate surface area is 103 Å². The Morgan fingerprint density at radius 2 is 2.00 bits per heavy atom. The molecule has 0 radical (unpaired) electrons. The molecule has 0 bridgehead atoms. The number of esters is 1. The van der Waals surface area contributed by atoms with Gasteiger partial charge in [-0.15, -0.1) is 0 Å². The number of hydrogen-bond donors (Lipinski definition) is 0. The molecule has 0 aliphatic rings. The highest BCUT2D eigenvalue weighted by Crippen LogP contribution is 2.25. The van der Waals surface area contributed by atoms with Crippen molar-refractivity contribution in [3.63, 3.8) is 0 Å². The van der Waals surface area contributed by atoms with Crippen LogP contribution in [0.5, 0.6) is 5.75 Å². The van der Waals surface area contributed by atoms with Crippen LogP contribution in [0.15, 0.2) is 18.2 Å². The van der Waals surface area contributed by atoms with Crippen molar-refractivity contribution in [2.24, 2.45) is 0 Å². The molecule has 0 aliphatic carbocycles. The quantitative estimate of drug-likeness (QED) is 0.737. The lowest BCUT2D eigenvalue weighted by Gasteiger charge is -2.12. The zero-order chi connectivity index (χ0) is 12.8. The first-order chi connectivity index (χ1) is 8.08. The second-order valence-corrected chi connectivity index (χ2v) is 4.30. The number of carbonyl (C=O) groups excluding carboxylic acids is 1. The predicted octanol–water partition coefficient (Wildman–Crippen LogP) is 2.92. The third-order valence-electron chi connectivity index (χ3n) is 2.80. The molecule has 1 rings (SSSR count). The fraction of sp³-hybridized carbons (Fsp3) is 0.500. The van der Waals surface area contributed by atoms with Gasteiger partial charge in [-0.2, -0.15) is 0 Å². The molecule has 0 heterocycles. The summed E-state index contributed by atoms with van der Waals surface area (Å²) in [5.74, 6) is 1.11. The molecule has 0 spiro atoms. The van der Waals surface area contributed by atoms with Gasteiger partial charge in [-0.3, -0.25) is 4.79 Å². The van der Waals surface area contributed by atoms with Crippen LogP contribution in [0.25, 0.3) is 0 Å². The highest BCUT2D eigenvalue weighted by atomic mass is 16.5. The number of methoxy groups -OCH3 is 2. The Balaban J connectivity index is 2.86. The van der Waals surface area contributed by atoms with E-state index in [9.17, 15) is 4.79 Å². The lowest BCUT2D eigenvalue weighted by Crippen LogP contribution is -2.03. The molecule has 0 unspecified atom stereocenters. The van der Waals surface area contributed by atoms with Crippen LogP contribution >= 0.6 is 0 Å². The van der Waals surface area contributed by atoms with E-state index >= 15 is 0 Å². The fourth-order valence-electron chi connectivity index (χ4n) is 1.69. The summed E-state index contributed by atoms with van der Waals surface area (Å²) in [4.78, 5) is 11.1. The molecule has 1 aromatic rings. The van der Waals surface area contributed by atoms with Crippen molar-refractivity contribution < 1.29 is 14.3 Å². The minimum atomic E-state index is -0.193. The maximum absolute atomic E-state index is 11.1. The van der Waals surface area contributed by atoms with Gasteiger partial charge in [-0.05, 0) is 29.5 Å². The Morgan fingerprint density at radius 1 is 1.29 bits per heavy atom. The van der Waals surface area contributed by atoms with E-state index in [2.05, 4.69) is 30.7 Å². The van der Waals surface area contributed by atoms with Crippen molar-refractivity contribution in [3.05, 3.63) is 29.3 Å². The molecule has 1 aromatic carbocycles. The molecule has 0 N–H and O–H groups in total. The van der Waals surface area contributed by atoms with Crippen molar-refractivity contribution in [2.75, 3.05) is 14.2 Å². The Kier molecular flexibility index (Phi) is 5.01. The van der Waals surface area contributed by atoms with Gasteiger partial charge in [0.1, 0.15) is 5.75 Å². The Hall–Kier alpha value is -1.51. The van der Waals surface area contributed by atoms with Crippen LogP contribution in [0.1, 0.15) is 37.3 Å².